The number of nitrogen functional groups attached to an aromatic ring is 1. The summed E-state index contributed by atoms with van der Waals surface area (Å²) in [5.41, 5.74) is 11.3. The second-order valence-electron chi connectivity index (χ2n) is 4.14. The number of carboxylic acids is 1. The van der Waals surface area contributed by atoms with Crippen molar-refractivity contribution in [3.8, 4) is 17.1 Å². The van der Waals surface area contributed by atoms with Gasteiger partial charge in [-0.2, -0.15) is 0 Å². The van der Waals surface area contributed by atoms with E-state index in [4.69, 9.17) is 21.3 Å². The minimum absolute atomic E-state index is 0.0315. The lowest BCUT2D eigenvalue weighted by Gasteiger charge is -2.10. The maximum absolute atomic E-state index is 14.0. The SMILES string of the molecule is COc1c(N)nc(-c2ccc(CN)cc2F)nc1C(=O)O. The zero-order valence-electron chi connectivity index (χ0n) is 11.1. The van der Waals surface area contributed by atoms with Gasteiger partial charge in [0.05, 0.1) is 12.7 Å². The Morgan fingerprint density at radius 3 is 2.67 bits per heavy atom. The van der Waals surface area contributed by atoms with Crippen LogP contribution >= 0.6 is 0 Å². The Bertz CT molecular complexity index is 706. The van der Waals surface area contributed by atoms with E-state index in [9.17, 15) is 9.18 Å². The first-order valence-electron chi connectivity index (χ1n) is 5.91. The van der Waals surface area contributed by atoms with Gasteiger partial charge in [-0.1, -0.05) is 6.07 Å². The number of hydrogen-bond acceptors (Lipinski definition) is 6. The summed E-state index contributed by atoms with van der Waals surface area (Å²) in [5, 5.41) is 9.11. The Balaban J connectivity index is 2.62. The maximum Gasteiger partial charge on any atom is 0.358 e. The van der Waals surface area contributed by atoms with Gasteiger partial charge >= 0.3 is 5.97 Å². The van der Waals surface area contributed by atoms with E-state index >= 15 is 0 Å². The molecule has 0 saturated heterocycles. The second-order valence-corrected chi connectivity index (χ2v) is 4.14. The molecule has 21 heavy (non-hydrogen) atoms. The fraction of sp³-hybridized carbons (Fsp3) is 0.154. The second kappa shape index (κ2) is 5.71. The zero-order valence-corrected chi connectivity index (χ0v) is 11.1. The van der Waals surface area contributed by atoms with Crippen LogP contribution in [0.1, 0.15) is 16.1 Å². The van der Waals surface area contributed by atoms with E-state index in [1.54, 1.807) is 6.07 Å². The van der Waals surface area contributed by atoms with Crippen molar-refractivity contribution in [1.29, 1.82) is 0 Å². The smallest absolute Gasteiger partial charge is 0.358 e. The molecule has 1 aromatic carbocycles. The largest absolute Gasteiger partial charge is 0.491 e. The summed E-state index contributed by atoms with van der Waals surface area (Å²) in [6.45, 7) is 0.184. The van der Waals surface area contributed by atoms with Crippen LogP contribution in [0.15, 0.2) is 18.2 Å². The number of rotatable bonds is 4. The Morgan fingerprint density at radius 2 is 2.14 bits per heavy atom. The Morgan fingerprint density at radius 1 is 1.43 bits per heavy atom. The topological polar surface area (TPSA) is 124 Å². The van der Waals surface area contributed by atoms with Gasteiger partial charge in [0.1, 0.15) is 5.82 Å². The molecule has 2 rings (SSSR count). The molecule has 0 aliphatic rings. The molecule has 0 amide bonds. The third-order valence-corrected chi connectivity index (χ3v) is 2.81. The molecular formula is C13H13FN4O3. The van der Waals surface area contributed by atoms with E-state index in [1.165, 1.54) is 19.2 Å². The van der Waals surface area contributed by atoms with Gasteiger partial charge < -0.3 is 21.3 Å². The van der Waals surface area contributed by atoms with Crippen molar-refractivity contribution < 1.29 is 19.0 Å². The fourth-order valence-electron chi connectivity index (χ4n) is 1.80. The van der Waals surface area contributed by atoms with Gasteiger partial charge in [0.25, 0.3) is 0 Å². The van der Waals surface area contributed by atoms with Crippen LogP contribution in [0.5, 0.6) is 5.75 Å². The number of methoxy groups -OCH3 is 1. The van der Waals surface area contributed by atoms with Crippen molar-refractivity contribution in [1.82, 2.24) is 9.97 Å². The van der Waals surface area contributed by atoms with Crippen LogP contribution in [-0.4, -0.2) is 28.2 Å². The molecule has 0 saturated carbocycles. The number of nitrogens with two attached hydrogens (primary N) is 2. The zero-order chi connectivity index (χ0) is 15.6. The predicted octanol–water partition coefficient (Wildman–Crippen LogP) is 1.03. The molecule has 2 aromatic rings. The lowest BCUT2D eigenvalue weighted by molar-refractivity contribution is 0.0686. The summed E-state index contributed by atoms with van der Waals surface area (Å²) in [5.74, 6) is -2.43. The number of anilines is 1. The van der Waals surface area contributed by atoms with Gasteiger partial charge in [-0.05, 0) is 17.7 Å². The standard InChI is InChI=1S/C13H13FN4O3/c1-21-10-9(13(19)20)17-12(18-11(10)16)7-3-2-6(5-15)4-8(7)14/h2-4H,5,15H2,1H3,(H,19,20)(H2,16,17,18). The van der Waals surface area contributed by atoms with Crippen LogP contribution in [0.25, 0.3) is 11.4 Å². The van der Waals surface area contributed by atoms with Gasteiger partial charge in [0.2, 0.25) is 0 Å². The minimum Gasteiger partial charge on any atom is -0.491 e. The molecule has 0 bridgehead atoms. The molecule has 7 nitrogen and oxygen atoms in total. The van der Waals surface area contributed by atoms with E-state index in [0.717, 1.165) is 0 Å². The minimum atomic E-state index is -1.35. The van der Waals surface area contributed by atoms with Crippen LogP contribution in [0, 0.1) is 5.82 Å². The van der Waals surface area contributed by atoms with Crippen LogP contribution in [-0.2, 0) is 6.54 Å². The van der Waals surface area contributed by atoms with E-state index in [0.29, 0.717) is 5.56 Å². The average molecular weight is 292 g/mol. The van der Waals surface area contributed by atoms with Crippen molar-refractivity contribution >= 4 is 11.8 Å². The molecule has 1 heterocycles. The highest BCUT2D eigenvalue weighted by atomic mass is 19.1. The third-order valence-electron chi connectivity index (χ3n) is 2.81. The molecule has 0 unspecified atom stereocenters. The summed E-state index contributed by atoms with van der Waals surface area (Å²) in [4.78, 5) is 18.8. The molecule has 0 spiro atoms. The fourth-order valence-corrected chi connectivity index (χ4v) is 1.80. The monoisotopic (exact) mass is 292 g/mol. The number of nitrogens with zero attached hydrogens (tertiary/aromatic N) is 2. The van der Waals surface area contributed by atoms with Crippen LogP contribution in [0.4, 0.5) is 10.2 Å². The average Bonchev–Trinajstić information content (AvgIpc) is 2.46. The number of carbonyl (C=O) groups is 1. The summed E-state index contributed by atoms with van der Waals surface area (Å²) in [6.07, 6.45) is 0. The Kier molecular flexibility index (Phi) is 3.99. The number of carboxylic acid groups (broad SMARTS) is 1. The number of aromatic nitrogens is 2. The molecule has 0 radical (unpaired) electrons. The normalized spacial score (nSPS) is 10.4. The summed E-state index contributed by atoms with van der Waals surface area (Å²) < 4.78 is 18.9. The van der Waals surface area contributed by atoms with Crippen molar-refractivity contribution in [2.75, 3.05) is 12.8 Å². The van der Waals surface area contributed by atoms with Crippen LogP contribution < -0.4 is 16.2 Å². The van der Waals surface area contributed by atoms with Gasteiger partial charge in [0, 0.05) is 6.54 Å². The van der Waals surface area contributed by atoms with E-state index in [-0.39, 0.29) is 29.5 Å². The predicted molar refractivity (Wildman–Crippen MR) is 73.2 cm³/mol. The van der Waals surface area contributed by atoms with Crippen molar-refractivity contribution in [3.63, 3.8) is 0 Å². The van der Waals surface area contributed by atoms with E-state index in [1.807, 2.05) is 0 Å². The molecular weight excluding hydrogens is 279 g/mol. The molecule has 8 heteroatoms. The van der Waals surface area contributed by atoms with E-state index in [2.05, 4.69) is 9.97 Å². The number of ether oxygens (including phenoxy) is 1. The highest BCUT2D eigenvalue weighted by Gasteiger charge is 2.21. The maximum atomic E-state index is 14.0. The number of halogens is 1. The summed E-state index contributed by atoms with van der Waals surface area (Å²) >= 11 is 0. The highest BCUT2D eigenvalue weighted by molar-refractivity contribution is 5.91. The first kappa shape index (κ1) is 14.7. The molecule has 5 N–H and O–H groups in total. The highest BCUT2D eigenvalue weighted by Crippen LogP contribution is 2.28. The van der Waals surface area contributed by atoms with E-state index < -0.39 is 17.5 Å². The summed E-state index contributed by atoms with van der Waals surface area (Å²) in [7, 11) is 1.25. The lowest BCUT2D eigenvalue weighted by atomic mass is 10.1. The molecule has 0 aliphatic heterocycles. The van der Waals surface area contributed by atoms with Crippen molar-refractivity contribution in [2.24, 2.45) is 5.73 Å². The molecule has 110 valence electrons. The van der Waals surface area contributed by atoms with Crippen LogP contribution in [0.2, 0.25) is 0 Å². The lowest BCUT2D eigenvalue weighted by Crippen LogP contribution is -2.10. The molecule has 1 aromatic heterocycles. The molecule has 0 atom stereocenters. The molecule has 0 fully saturated rings. The van der Waals surface area contributed by atoms with Crippen molar-refractivity contribution in [3.05, 3.63) is 35.3 Å². The number of benzene rings is 1. The van der Waals surface area contributed by atoms with Gasteiger partial charge in [0.15, 0.2) is 23.1 Å². The number of hydrogen-bond donors (Lipinski definition) is 3. The number of aromatic carboxylic acids is 1. The first-order valence-corrected chi connectivity index (χ1v) is 5.91. The van der Waals surface area contributed by atoms with Crippen molar-refractivity contribution in [2.45, 2.75) is 6.54 Å². The van der Waals surface area contributed by atoms with Crippen LogP contribution in [0.3, 0.4) is 0 Å². The van der Waals surface area contributed by atoms with Gasteiger partial charge in [-0.15, -0.1) is 0 Å². The Hall–Kier alpha value is -2.74. The molecule has 0 aliphatic carbocycles. The Labute approximate surface area is 119 Å². The summed E-state index contributed by atoms with van der Waals surface area (Å²) in [6, 6.07) is 4.26. The third kappa shape index (κ3) is 2.75. The van der Waals surface area contributed by atoms with Gasteiger partial charge in [-0.25, -0.2) is 19.2 Å². The first-order chi connectivity index (χ1) is 9.97. The quantitative estimate of drug-likeness (QED) is 0.768. The van der Waals surface area contributed by atoms with Gasteiger partial charge in [-0.3, -0.25) is 0 Å².